The van der Waals surface area contributed by atoms with Gasteiger partial charge in [0.05, 0.1) is 13.2 Å². The number of ether oxygens (including phenoxy) is 2. The lowest BCUT2D eigenvalue weighted by atomic mass is 10.0. The summed E-state index contributed by atoms with van der Waals surface area (Å²) in [7, 11) is 1.70. The molecular formula is C16H26INO2. The Morgan fingerprint density at radius 3 is 2.55 bits per heavy atom. The second-order valence-electron chi connectivity index (χ2n) is 4.88. The molecule has 0 spiro atoms. The van der Waals surface area contributed by atoms with Crippen molar-refractivity contribution in [3.8, 4) is 0 Å². The summed E-state index contributed by atoms with van der Waals surface area (Å²) in [6.45, 7) is 5.40. The van der Waals surface area contributed by atoms with Gasteiger partial charge in [-0.3, -0.25) is 0 Å². The van der Waals surface area contributed by atoms with E-state index in [2.05, 4.69) is 59.1 Å². The second-order valence-corrected chi connectivity index (χ2v) is 6.12. The van der Waals surface area contributed by atoms with E-state index < -0.39 is 0 Å². The van der Waals surface area contributed by atoms with Crippen LogP contribution in [0, 0.1) is 3.57 Å². The maximum atomic E-state index is 5.58. The lowest BCUT2D eigenvalue weighted by Gasteiger charge is -2.18. The zero-order chi connectivity index (χ0) is 14.6. The molecule has 1 rings (SSSR count). The van der Waals surface area contributed by atoms with E-state index >= 15 is 0 Å². The maximum Gasteiger partial charge on any atom is 0.0700 e. The highest BCUT2D eigenvalue weighted by molar-refractivity contribution is 14.1. The fraction of sp³-hybridized carbons (Fsp3) is 0.625. The molecule has 0 radical (unpaired) electrons. The Hall–Kier alpha value is -0.170. The third kappa shape index (κ3) is 8.19. The molecular weight excluding hydrogens is 365 g/mol. The van der Waals surface area contributed by atoms with Gasteiger partial charge in [-0.2, -0.15) is 0 Å². The minimum absolute atomic E-state index is 0.484. The van der Waals surface area contributed by atoms with Gasteiger partial charge in [-0.1, -0.05) is 19.1 Å². The van der Waals surface area contributed by atoms with Crippen LogP contribution in [0.15, 0.2) is 24.3 Å². The van der Waals surface area contributed by atoms with Gasteiger partial charge in [0, 0.05) is 23.3 Å². The van der Waals surface area contributed by atoms with Crippen LogP contribution in [0.2, 0.25) is 0 Å². The van der Waals surface area contributed by atoms with Gasteiger partial charge in [0.25, 0.3) is 0 Å². The molecule has 0 fully saturated rings. The summed E-state index contributed by atoms with van der Waals surface area (Å²) in [5.41, 5.74) is 1.39. The van der Waals surface area contributed by atoms with Crippen LogP contribution >= 0.6 is 22.6 Å². The largest absolute Gasteiger partial charge is 0.382 e. The first-order valence-electron chi connectivity index (χ1n) is 7.30. The van der Waals surface area contributed by atoms with Crippen molar-refractivity contribution in [3.05, 3.63) is 33.4 Å². The average molecular weight is 391 g/mol. The molecule has 4 heteroatoms. The first-order valence-corrected chi connectivity index (χ1v) is 8.38. The standard InChI is InChI=1S/C16H26INO2/c1-3-9-18-16(8-10-20-12-11-19-2)13-14-4-6-15(17)7-5-14/h4-7,16,18H,3,8-13H2,1-2H3. The summed E-state index contributed by atoms with van der Waals surface area (Å²) in [4.78, 5) is 0. The van der Waals surface area contributed by atoms with E-state index in [1.54, 1.807) is 7.11 Å². The van der Waals surface area contributed by atoms with E-state index in [9.17, 15) is 0 Å². The number of hydrogen-bond donors (Lipinski definition) is 1. The molecule has 1 unspecified atom stereocenters. The summed E-state index contributed by atoms with van der Waals surface area (Å²) in [5.74, 6) is 0. The smallest absolute Gasteiger partial charge is 0.0700 e. The monoisotopic (exact) mass is 391 g/mol. The number of hydrogen-bond acceptors (Lipinski definition) is 3. The predicted molar refractivity (Wildman–Crippen MR) is 92.3 cm³/mol. The fourth-order valence-electron chi connectivity index (χ4n) is 2.00. The van der Waals surface area contributed by atoms with E-state index in [1.165, 1.54) is 9.13 Å². The summed E-state index contributed by atoms with van der Waals surface area (Å²) in [6, 6.07) is 9.25. The van der Waals surface area contributed by atoms with Crippen molar-refractivity contribution in [2.75, 3.05) is 33.5 Å². The zero-order valence-corrected chi connectivity index (χ0v) is 14.7. The number of benzene rings is 1. The van der Waals surface area contributed by atoms with Gasteiger partial charge in [0.1, 0.15) is 0 Å². The Morgan fingerprint density at radius 2 is 1.90 bits per heavy atom. The molecule has 1 aromatic carbocycles. The van der Waals surface area contributed by atoms with Crippen LogP contribution < -0.4 is 5.32 Å². The molecule has 114 valence electrons. The van der Waals surface area contributed by atoms with Crippen LogP contribution in [0.5, 0.6) is 0 Å². The number of methoxy groups -OCH3 is 1. The molecule has 0 aliphatic carbocycles. The van der Waals surface area contributed by atoms with Crippen LogP contribution in [0.25, 0.3) is 0 Å². The molecule has 0 aromatic heterocycles. The van der Waals surface area contributed by atoms with Crippen LogP contribution in [0.3, 0.4) is 0 Å². The minimum Gasteiger partial charge on any atom is -0.382 e. The van der Waals surface area contributed by atoms with Crippen LogP contribution in [-0.4, -0.2) is 39.5 Å². The molecule has 0 heterocycles. The Morgan fingerprint density at radius 1 is 1.15 bits per heavy atom. The Labute approximate surface area is 136 Å². The maximum absolute atomic E-state index is 5.58. The number of halogens is 1. The minimum atomic E-state index is 0.484. The molecule has 1 atom stereocenters. The van der Waals surface area contributed by atoms with Gasteiger partial charge >= 0.3 is 0 Å². The van der Waals surface area contributed by atoms with E-state index in [-0.39, 0.29) is 0 Å². The van der Waals surface area contributed by atoms with E-state index in [1.807, 2.05) is 0 Å². The molecule has 0 bridgehead atoms. The summed E-state index contributed by atoms with van der Waals surface area (Å²) < 4.78 is 11.8. The Bertz CT molecular complexity index is 343. The summed E-state index contributed by atoms with van der Waals surface area (Å²) >= 11 is 2.34. The number of nitrogens with one attached hydrogen (secondary N) is 1. The molecule has 1 N–H and O–H groups in total. The van der Waals surface area contributed by atoms with Crippen molar-refractivity contribution in [1.29, 1.82) is 0 Å². The van der Waals surface area contributed by atoms with Crippen molar-refractivity contribution in [3.63, 3.8) is 0 Å². The summed E-state index contributed by atoms with van der Waals surface area (Å²) in [6.07, 6.45) is 3.26. The molecule has 0 amide bonds. The van der Waals surface area contributed by atoms with Crippen molar-refractivity contribution in [2.45, 2.75) is 32.2 Å². The van der Waals surface area contributed by atoms with Crippen molar-refractivity contribution >= 4 is 22.6 Å². The molecule has 0 aliphatic heterocycles. The first-order chi connectivity index (χ1) is 9.76. The van der Waals surface area contributed by atoms with Crippen LogP contribution in [-0.2, 0) is 15.9 Å². The van der Waals surface area contributed by atoms with Gasteiger partial charge in [0.2, 0.25) is 0 Å². The Balaban J connectivity index is 2.36. The lowest BCUT2D eigenvalue weighted by molar-refractivity contribution is 0.0658. The lowest BCUT2D eigenvalue weighted by Crippen LogP contribution is -2.33. The van der Waals surface area contributed by atoms with E-state index in [4.69, 9.17) is 9.47 Å². The molecule has 0 saturated carbocycles. The van der Waals surface area contributed by atoms with Gasteiger partial charge in [-0.25, -0.2) is 0 Å². The van der Waals surface area contributed by atoms with Gasteiger partial charge in [0.15, 0.2) is 0 Å². The van der Waals surface area contributed by atoms with Crippen molar-refractivity contribution in [1.82, 2.24) is 5.32 Å². The normalized spacial score (nSPS) is 12.6. The van der Waals surface area contributed by atoms with Crippen LogP contribution in [0.4, 0.5) is 0 Å². The van der Waals surface area contributed by atoms with Crippen LogP contribution in [0.1, 0.15) is 25.3 Å². The predicted octanol–water partition coefficient (Wildman–Crippen LogP) is 3.26. The first kappa shape index (κ1) is 17.9. The van der Waals surface area contributed by atoms with Gasteiger partial charge < -0.3 is 14.8 Å². The topological polar surface area (TPSA) is 30.5 Å². The fourth-order valence-corrected chi connectivity index (χ4v) is 2.36. The highest BCUT2D eigenvalue weighted by Gasteiger charge is 2.08. The average Bonchev–Trinajstić information content (AvgIpc) is 2.46. The molecule has 20 heavy (non-hydrogen) atoms. The zero-order valence-electron chi connectivity index (χ0n) is 12.5. The summed E-state index contributed by atoms with van der Waals surface area (Å²) in [5, 5.41) is 3.61. The third-order valence-corrected chi connectivity index (χ3v) is 3.84. The quantitative estimate of drug-likeness (QED) is 0.464. The van der Waals surface area contributed by atoms with Crippen molar-refractivity contribution in [2.24, 2.45) is 0 Å². The SMILES string of the molecule is CCCNC(CCOCCOC)Cc1ccc(I)cc1. The van der Waals surface area contributed by atoms with E-state index in [0.717, 1.165) is 32.4 Å². The molecule has 0 saturated heterocycles. The highest BCUT2D eigenvalue weighted by atomic mass is 127. The molecule has 0 aliphatic rings. The van der Waals surface area contributed by atoms with Gasteiger partial charge in [-0.05, 0) is 66.1 Å². The third-order valence-electron chi connectivity index (χ3n) is 3.12. The highest BCUT2D eigenvalue weighted by Crippen LogP contribution is 2.10. The number of rotatable bonds is 11. The van der Waals surface area contributed by atoms with Crippen molar-refractivity contribution < 1.29 is 9.47 Å². The van der Waals surface area contributed by atoms with Gasteiger partial charge in [-0.15, -0.1) is 0 Å². The molecule has 3 nitrogen and oxygen atoms in total. The van der Waals surface area contributed by atoms with E-state index in [0.29, 0.717) is 19.3 Å². The molecule has 1 aromatic rings. The second kappa shape index (κ2) is 11.5. The Kier molecular flexibility index (Phi) is 10.3.